The van der Waals surface area contributed by atoms with Crippen LogP contribution in [-0.4, -0.2) is 59.9 Å². The average Bonchev–Trinajstić information content (AvgIpc) is 2.96. The minimum Gasteiger partial charge on any atom is -0.495 e. The Balaban J connectivity index is 1.30. The molecular formula is C29H39N7O3S. The maximum absolute atomic E-state index is 12.8. The molecule has 40 heavy (non-hydrogen) atoms. The van der Waals surface area contributed by atoms with Crippen molar-refractivity contribution in [1.82, 2.24) is 25.4 Å². The van der Waals surface area contributed by atoms with Gasteiger partial charge >= 0.3 is 0 Å². The van der Waals surface area contributed by atoms with E-state index in [-0.39, 0.29) is 16.4 Å². The van der Waals surface area contributed by atoms with E-state index >= 15 is 0 Å². The quantitative estimate of drug-likeness (QED) is 0.337. The molecule has 1 aromatic heterocycles. The number of methoxy groups -OCH3 is 1. The lowest BCUT2D eigenvalue weighted by Crippen LogP contribution is -2.58. The van der Waals surface area contributed by atoms with Gasteiger partial charge in [-0.05, 0) is 88.1 Å². The number of anilines is 4. The second kappa shape index (κ2) is 11.7. The lowest BCUT2D eigenvalue weighted by Gasteiger charge is -2.49. The predicted molar refractivity (Wildman–Crippen MR) is 157 cm³/mol. The summed E-state index contributed by atoms with van der Waals surface area (Å²) in [6.07, 6.45) is 8.56. The molecule has 0 radical (unpaired) electrons. The Kier molecular flexibility index (Phi) is 8.25. The van der Waals surface area contributed by atoms with Crippen LogP contribution in [0.25, 0.3) is 0 Å². The highest BCUT2D eigenvalue weighted by atomic mass is 32.2. The first-order valence-corrected chi connectivity index (χ1v) is 15.5. The first-order valence-electron chi connectivity index (χ1n) is 13.9. The van der Waals surface area contributed by atoms with E-state index < -0.39 is 15.1 Å². The molecule has 1 aliphatic heterocycles. The van der Waals surface area contributed by atoms with Crippen molar-refractivity contribution in [3.8, 4) is 5.75 Å². The van der Waals surface area contributed by atoms with E-state index in [0.29, 0.717) is 17.6 Å². The van der Waals surface area contributed by atoms with Gasteiger partial charge in [0.25, 0.3) is 0 Å². The molecule has 0 amide bonds. The van der Waals surface area contributed by atoms with Crippen molar-refractivity contribution in [3.05, 3.63) is 54.4 Å². The van der Waals surface area contributed by atoms with Crippen molar-refractivity contribution in [2.24, 2.45) is 0 Å². The fraction of sp³-hybridized carbons (Fsp3) is 0.483. The fourth-order valence-electron chi connectivity index (χ4n) is 5.87. The molecule has 3 N–H and O–H groups in total. The normalized spacial score (nSPS) is 21.9. The summed E-state index contributed by atoms with van der Waals surface area (Å²) in [7, 11) is 0.363. The highest BCUT2D eigenvalue weighted by molar-refractivity contribution is 7.92. The molecule has 214 valence electrons. The van der Waals surface area contributed by atoms with Crippen molar-refractivity contribution in [3.63, 3.8) is 0 Å². The zero-order valence-corrected chi connectivity index (χ0v) is 24.5. The van der Waals surface area contributed by atoms with Crippen molar-refractivity contribution in [2.75, 3.05) is 31.3 Å². The zero-order chi connectivity index (χ0) is 28.3. The number of aromatic nitrogens is 3. The Morgan fingerprint density at radius 2 is 1.73 bits per heavy atom. The number of para-hydroxylation sites is 1. The summed E-state index contributed by atoms with van der Waals surface area (Å²) in [5, 5.41) is 8.09. The predicted octanol–water partition coefficient (Wildman–Crippen LogP) is 5.18. The van der Waals surface area contributed by atoms with Crippen LogP contribution in [0.5, 0.6) is 5.75 Å². The third-order valence-electron chi connectivity index (χ3n) is 8.37. The van der Waals surface area contributed by atoms with Gasteiger partial charge in [-0.1, -0.05) is 18.2 Å². The van der Waals surface area contributed by atoms with E-state index in [0.717, 1.165) is 30.8 Å². The van der Waals surface area contributed by atoms with Crippen LogP contribution in [0.1, 0.15) is 63.9 Å². The largest absolute Gasteiger partial charge is 0.495 e. The summed E-state index contributed by atoms with van der Waals surface area (Å²) in [6, 6.07) is 13.0. The van der Waals surface area contributed by atoms with E-state index in [1.54, 1.807) is 45.2 Å². The lowest BCUT2D eigenvalue weighted by atomic mass is 9.71. The Bertz CT molecular complexity index is 1440. The number of benzene rings is 2. The number of nitrogens with one attached hydrogen (secondary N) is 3. The molecule has 0 unspecified atom stereocenters. The van der Waals surface area contributed by atoms with Crippen LogP contribution < -0.4 is 20.8 Å². The van der Waals surface area contributed by atoms with Crippen molar-refractivity contribution >= 4 is 33.1 Å². The molecular weight excluding hydrogens is 526 g/mol. The molecule has 2 fully saturated rings. The summed E-state index contributed by atoms with van der Waals surface area (Å²) in [5.41, 5.74) is 6.26. The number of ether oxygens (including phenoxy) is 1. The minimum atomic E-state index is -3.49. The molecule has 2 aromatic carbocycles. The number of sulfone groups is 1. The standard InChI is InChI=1S/C29H39N7O3S/c1-20(2)40(37,38)26-9-6-5-8-24(26)34-28-31-19-30-27(35-28)33-23-11-10-22(18-25(23)39-4)21-12-15-29(16-13-21)14-7-17-32-36(29)3/h5-6,8-11,18-21,32H,7,12-17H2,1-4H3,(H2,30,31,33,34,35). The molecule has 10 nitrogen and oxygen atoms in total. The van der Waals surface area contributed by atoms with E-state index in [9.17, 15) is 8.42 Å². The van der Waals surface area contributed by atoms with Crippen LogP contribution in [0.2, 0.25) is 0 Å². The van der Waals surface area contributed by atoms with Gasteiger partial charge in [-0.2, -0.15) is 4.98 Å². The van der Waals surface area contributed by atoms with Gasteiger partial charge in [0.15, 0.2) is 9.84 Å². The van der Waals surface area contributed by atoms with E-state index in [2.05, 4.69) is 55.2 Å². The van der Waals surface area contributed by atoms with Crippen molar-refractivity contribution in [1.29, 1.82) is 0 Å². The van der Waals surface area contributed by atoms with Crippen LogP contribution in [0, 0.1) is 0 Å². The van der Waals surface area contributed by atoms with Gasteiger partial charge in [0.1, 0.15) is 12.1 Å². The molecule has 2 heterocycles. The Morgan fingerprint density at radius 3 is 2.40 bits per heavy atom. The second-order valence-corrected chi connectivity index (χ2v) is 13.5. The van der Waals surface area contributed by atoms with Crippen molar-refractivity contribution < 1.29 is 13.2 Å². The highest BCUT2D eigenvalue weighted by Gasteiger charge is 2.40. The molecule has 0 bridgehead atoms. The number of hydrazine groups is 1. The molecule has 1 spiro atoms. The average molecular weight is 566 g/mol. The smallest absolute Gasteiger partial charge is 0.232 e. The summed E-state index contributed by atoms with van der Waals surface area (Å²) in [4.78, 5) is 13.1. The van der Waals surface area contributed by atoms with Gasteiger partial charge in [0.05, 0.1) is 28.6 Å². The number of hydrogen-bond acceptors (Lipinski definition) is 10. The first kappa shape index (κ1) is 28.3. The number of nitrogens with zero attached hydrogens (tertiary/aromatic N) is 4. The van der Waals surface area contributed by atoms with Gasteiger partial charge in [-0.25, -0.2) is 23.4 Å². The third-order valence-corrected chi connectivity index (χ3v) is 10.6. The molecule has 3 aromatic rings. The van der Waals surface area contributed by atoms with Gasteiger partial charge in [-0.15, -0.1) is 0 Å². The van der Waals surface area contributed by atoms with Gasteiger partial charge in [-0.3, -0.25) is 5.43 Å². The van der Waals surface area contributed by atoms with Crippen LogP contribution in [-0.2, 0) is 9.84 Å². The Hall–Kier alpha value is -3.28. The second-order valence-electron chi connectivity index (χ2n) is 11.0. The molecule has 5 rings (SSSR count). The first-order chi connectivity index (χ1) is 19.2. The van der Waals surface area contributed by atoms with E-state index in [1.165, 1.54) is 37.6 Å². The van der Waals surface area contributed by atoms with Gasteiger partial charge < -0.3 is 15.4 Å². The van der Waals surface area contributed by atoms with Crippen LogP contribution in [0.4, 0.5) is 23.3 Å². The van der Waals surface area contributed by atoms with E-state index in [4.69, 9.17) is 4.74 Å². The van der Waals surface area contributed by atoms with Gasteiger partial charge in [0, 0.05) is 19.1 Å². The zero-order valence-electron chi connectivity index (χ0n) is 23.6. The third kappa shape index (κ3) is 5.77. The SMILES string of the molecule is COc1cc(C2CCC3(CCCNN3C)CC2)ccc1Nc1ncnc(Nc2ccccc2S(=O)(=O)C(C)C)n1. The highest BCUT2D eigenvalue weighted by Crippen LogP contribution is 2.44. The molecule has 1 saturated heterocycles. The Labute approximate surface area is 236 Å². The van der Waals surface area contributed by atoms with Crippen molar-refractivity contribution in [2.45, 2.75) is 74.0 Å². The van der Waals surface area contributed by atoms with Gasteiger partial charge in [0.2, 0.25) is 11.9 Å². The van der Waals surface area contributed by atoms with Crippen LogP contribution in [0.3, 0.4) is 0 Å². The lowest BCUT2D eigenvalue weighted by molar-refractivity contribution is -0.00923. The molecule has 2 aliphatic rings. The van der Waals surface area contributed by atoms with Crippen LogP contribution in [0.15, 0.2) is 53.7 Å². The summed E-state index contributed by atoms with van der Waals surface area (Å²) in [5.74, 6) is 1.77. The number of rotatable bonds is 8. The maximum Gasteiger partial charge on any atom is 0.232 e. The van der Waals surface area contributed by atoms with Crippen LogP contribution >= 0.6 is 0 Å². The summed E-state index contributed by atoms with van der Waals surface area (Å²) < 4.78 is 31.4. The fourth-order valence-corrected chi connectivity index (χ4v) is 7.07. The summed E-state index contributed by atoms with van der Waals surface area (Å²) in [6.45, 7) is 4.39. The maximum atomic E-state index is 12.8. The number of hydrogen-bond donors (Lipinski definition) is 3. The molecule has 1 saturated carbocycles. The molecule has 0 atom stereocenters. The topological polar surface area (TPSA) is 121 Å². The monoisotopic (exact) mass is 565 g/mol. The van der Waals surface area contributed by atoms with E-state index in [1.807, 2.05) is 6.07 Å². The Morgan fingerprint density at radius 1 is 1.02 bits per heavy atom. The molecule has 11 heteroatoms. The summed E-state index contributed by atoms with van der Waals surface area (Å²) >= 11 is 0. The minimum absolute atomic E-state index is 0.206. The molecule has 1 aliphatic carbocycles.